The summed E-state index contributed by atoms with van der Waals surface area (Å²) in [5, 5.41) is 338. The Balaban J connectivity index is -0.000000154. The van der Waals surface area contributed by atoms with E-state index in [1.54, 1.807) is 0 Å². The summed E-state index contributed by atoms with van der Waals surface area (Å²) in [6, 6.07) is 0. The molecule has 0 radical (unpaired) electrons. The van der Waals surface area contributed by atoms with E-state index < -0.39 is 364 Å². The molecule has 0 atom stereocenters. The van der Waals surface area contributed by atoms with Crippen LogP contribution in [0.25, 0.3) is 0 Å². The van der Waals surface area contributed by atoms with Crippen molar-refractivity contribution in [2.45, 2.75) is 184 Å². The molecular formula is C60H80O70. The molecule has 40 N–H and O–H groups in total. The number of hydrogen-bond donors (Lipinski definition) is 40. The van der Waals surface area contributed by atoms with Crippen LogP contribution in [-0.4, -0.2) is 439 Å². The van der Waals surface area contributed by atoms with Crippen LogP contribution in [0.15, 0.2) is 0 Å². The molecule has 0 heterocycles. The van der Waals surface area contributed by atoms with E-state index in [1.165, 1.54) is 0 Å². The molecule has 0 saturated carbocycles. The Hall–Kier alpha value is -16.3. The third kappa shape index (κ3) is 66.3. The minimum absolute atomic E-state index is 1.14. The van der Waals surface area contributed by atoms with E-state index in [-0.39, 0.29) is 0 Å². The summed E-state index contributed by atoms with van der Waals surface area (Å²) in [4.78, 5) is 305. The maximum atomic E-state index is 10.3. The summed E-state index contributed by atoms with van der Waals surface area (Å²) in [7, 11) is 0. The second kappa shape index (κ2) is 59.5. The zero-order valence-electron chi connectivity index (χ0n) is 64.3. The third-order valence-corrected chi connectivity index (χ3v) is 12.9. The fourth-order valence-electron chi connectivity index (χ4n) is 7.14. The van der Waals surface area contributed by atoms with Gasteiger partial charge in [0, 0.05) is 0 Å². The Labute approximate surface area is 710 Å². The molecule has 0 bridgehead atoms. The van der Waals surface area contributed by atoms with Crippen molar-refractivity contribution >= 4 is 179 Å². The lowest BCUT2D eigenvalue weighted by atomic mass is 9.96. The average molecular weight is 1920 g/mol. The van der Waals surface area contributed by atoms with Crippen LogP contribution in [0.2, 0.25) is 0 Å². The van der Waals surface area contributed by atoms with Gasteiger partial charge in [-0.3, -0.25) is 95.9 Å². The van der Waals surface area contributed by atoms with Gasteiger partial charge in [0.25, 0.3) is 0 Å². The summed E-state index contributed by atoms with van der Waals surface area (Å²) in [5.41, 5.74) is -27.4. The van der Waals surface area contributed by atoms with Crippen molar-refractivity contribution < 1.29 is 348 Å². The van der Waals surface area contributed by atoms with Gasteiger partial charge in [-0.05, 0) is 0 Å². The number of carboxylic acid groups (broad SMARTS) is 30. The predicted octanol–water partition coefficient (Wildman–Crippen LogP) is -12.5. The summed E-state index contributed by atoms with van der Waals surface area (Å²) in [6.45, 7) is 0. The molecule has 70 nitrogen and oxygen atoms in total. The molecule has 740 valence electrons. The summed E-state index contributed by atoms with van der Waals surface area (Å²) >= 11 is 0. The Morgan fingerprint density at radius 3 is 0.138 bits per heavy atom. The molecule has 130 heavy (non-hydrogen) atoms. The number of rotatable bonds is 50. The lowest BCUT2D eigenvalue weighted by molar-refractivity contribution is -0.170. The molecule has 0 spiro atoms. The van der Waals surface area contributed by atoms with E-state index >= 15 is 0 Å². The van der Waals surface area contributed by atoms with Crippen LogP contribution >= 0.6 is 0 Å². The number of carboxylic acids is 30. The molecule has 0 fully saturated rings. The first-order valence-corrected chi connectivity index (χ1v) is 31.7. The maximum absolute atomic E-state index is 10.3. The van der Waals surface area contributed by atoms with Gasteiger partial charge in [0.15, 0.2) is 56.0 Å². The first kappa shape index (κ1) is 134. The zero-order chi connectivity index (χ0) is 106. The van der Waals surface area contributed by atoms with E-state index in [2.05, 4.69) is 0 Å². The van der Waals surface area contributed by atoms with Crippen molar-refractivity contribution in [2.24, 2.45) is 0 Å². The van der Waals surface area contributed by atoms with Gasteiger partial charge in [0.05, 0.1) is 128 Å². The van der Waals surface area contributed by atoms with E-state index in [4.69, 9.17) is 204 Å². The van der Waals surface area contributed by atoms with Gasteiger partial charge in [-0.15, -0.1) is 0 Å². The SMILES string of the molecule is O=C(O)CC(O)(CC(=O)O)C(=O)O.O=C(O)CC(O)(CC(=O)O)C(=O)O.O=C(O)CC(O)(CC(=O)O)C(=O)O.O=C(O)CC(O)(CC(=O)O)C(=O)O.O=C(O)CC(O)(CC(=O)O)C(=O)O.O=C(O)CC(O)(CC(=O)O)C(=O)O.O=C(O)CC(O)(CC(=O)O)C(=O)O.O=C(O)CC(O)(CC(=O)O)C(=O)O.O=C(O)CC(O)(CC(=O)O)C(=O)O.O=C(O)CC(O)(CC(=O)O)C(=O)O. The van der Waals surface area contributed by atoms with Gasteiger partial charge in [-0.1, -0.05) is 0 Å². The molecule has 0 amide bonds. The average Bonchev–Trinajstić information content (AvgIpc) is 0.933. The monoisotopic (exact) mass is 1920 g/mol. The van der Waals surface area contributed by atoms with Crippen LogP contribution in [0.4, 0.5) is 0 Å². The van der Waals surface area contributed by atoms with Gasteiger partial charge in [0.2, 0.25) is 0 Å². The molecule has 0 saturated heterocycles. The summed E-state index contributed by atoms with van der Waals surface area (Å²) in [5.74, 6) is -50.2. The van der Waals surface area contributed by atoms with Crippen LogP contribution in [-0.2, 0) is 144 Å². The van der Waals surface area contributed by atoms with Crippen LogP contribution in [0, 0.1) is 0 Å². The fraction of sp³-hybridized carbons (Fsp3) is 0.500. The van der Waals surface area contributed by atoms with Crippen LogP contribution in [0.5, 0.6) is 0 Å². The Morgan fingerprint density at radius 1 is 0.0923 bits per heavy atom. The molecule has 0 aromatic heterocycles. The highest BCUT2D eigenvalue weighted by molar-refractivity contribution is 5.95. The lowest BCUT2D eigenvalue weighted by Gasteiger charge is -2.18. The standard InChI is InChI=1S/10C6H8O7/c10*7-3(8)1-6(13,5(11)12)2-4(9)10/h10*13H,1-2H2,(H,7,8)(H,9,10)(H,11,12). The number of aliphatic hydroxyl groups is 10. The van der Waals surface area contributed by atoms with E-state index in [1.807, 2.05) is 0 Å². The van der Waals surface area contributed by atoms with Crippen LogP contribution in [0.3, 0.4) is 0 Å². The van der Waals surface area contributed by atoms with Crippen molar-refractivity contribution in [1.82, 2.24) is 0 Å². The van der Waals surface area contributed by atoms with E-state index in [9.17, 15) is 144 Å². The Morgan fingerprint density at radius 2 is 0.123 bits per heavy atom. The van der Waals surface area contributed by atoms with Crippen molar-refractivity contribution in [1.29, 1.82) is 0 Å². The zero-order valence-corrected chi connectivity index (χ0v) is 64.3. The molecule has 70 heteroatoms. The normalized spacial score (nSPS) is 10.8. The third-order valence-electron chi connectivity index (χ3n) is 12.9. The van der Waals surface area contributed by atoms with E-state index in [0.717, 1.165) is 0 Å². The van der Waals surface area contributed by atoms with Crippen molar-refractivity contribution in [3.8, 4) is 0 Å². The Kier molecular flexibility index (Phi) is 61.5. The lowest BCUT2D eigenvalue weighted by Crippen LogP contribution is -2.42. The van der Waals surface area contributed by atoms with Crippen molar-refractivity contribution in [3.05, 3.63) is 0 Å². The highest BCUT2D eigenvalue weighted by Crippen LogP contribution is 2.23. The molecule has 0 unspecified atom stereocenters. The second-order valence-electron chi connectivity index (χ2n) is 24.8. The predicted molar refractivity (Wildman–Crippen MR) is 371 cm³/mol. The number of carbonyl (C=O) groups is 30. The largest absolute Gasteiger partial charge is 0.481 e. The summed E-state index contributed by atoms with van der Waals surface area (Å²) in [6.07, 6.45) is -22.9. The van der Waals surface area contributed by atoms with E-state index in [0.29, 0.717) is 0 Å². The highest BCUT2D eigenvalue weighted by atomic mass is 16.5. The molecular weight excluding hydrogens is 1840 g/mol. The number of aliphatic carboxylic acids is 30. The smallest absolute Gasteiger partial charge is 0.336 e. The fourth-order valence-corrected chi connectivity index (χ4v) is 7.14. The maximum Gasteiger partial charge on any atom is 0.336 e. The minimum atomic E-state index is -2.74. The topological polar surface area (TPSA) is 1320 Å². The number of hydrogen-bond acceptors (Lipinski definition) is 40. The van der Waals surface area contributed by atoms with Crippen molar-refractivity contribution in [2.75, 3.05) is 0 Å². The highest BCUT2D eigenvalue weighted by Gasteiger charge is 2.48. The molecule has 0 aliphatic rings. The molecule has 0 aromatic carbocycles. The Bertz CT molecular complexity index is 3140. The van der Waals surface area contributed by atoms with Crippen LogP contribution < -0.4 is 0 Å². The quantitative estimate of drug-likeness (QED) is 0.0269. The second-order valence-corrected chi connectivity index (χ2v) is 24.8. The molecule has 0 aliphatic heterocycles. The van der Waals surface area contributed by atoms with Crippen molar-refractivity contribution in [3.63, 3.8) is 0 Å². The van der Waals surface area contributed by atoms with Gasteiger partial charge in [-0.2, -0.15) is 0 Å². The minimum Gasteiger partial charge on any atom is -0.481 e. The first-order valence-electron chi connectivity index (χ1n) is 31.7. The van der Waals surface area contributed by atoms with Crippen LogP contribution in [0.1, 0.15) is 128 Å². The van der Waals surface area contributed by atoms with Gasteiger partial charge in [-0.25, -0.2) is 47.9 Å². The molecule has 0 aliphatic carbocycles. The van der Waals surface area contributed by atoms with Gasteiger partial charge < -0.3 is 204 Å². The molecule has 0 aromatic rings. The van der Waals surface area contributed by atoms with Gasteiger partial charge >= 0.3 is 179 Å². The van der Waals surface area contributed by atoms with Gasteiger partial charge in [0.1, 0.15) is 0 Å². The summed E-state index contributed by atoms with van der Waals surface area (Å²) < 4.78 is 0. The first-order chi connectivity index (χ1) is 57.8. The molecule has 0 rings (SSSR count).